The van der Waals surface area contributed by atoms with Gasteiger partial charge in [0.15, 0.2) is 0 Å². The lowest BCUT2D eigenvalue weighted by Gasteiger charge is -2.37. The fraction of sp³-hybridized carbons (Fsp3) is 0.769. The van der Waals surface area contributed by atoms with Crippen LogP contribution < -0.4 is 0 Å². The minimum absolute atomic E-state index is 0.107. The summed E-state index contributed by atoms with van der Waals surface area (Å²) in [5, 5.41) is 14.7. The summed E-state index contributed by atoms with van der Waals surface area (Å²) in [6, 6.07) is 2.00. The molecule has 3 nitrogen and oxygen atoms in total. The Labute approximate surface area is 97.5 Å². The van der Waals surface area contributed by atoms with Crippen LogP contribution in [0.1, 0.15) is 44.7 Å². The van der Waals surface area contributed by atoms with Gasteiger partial charge in [0.2, 0.25) is 0 Å². The van der Waals surface area contributed by atoms with Crippen molar-refractivity contribution in [3.8, 4) is 0 Å². The molecule has 90 valence electrons. The molecule has 1 atom stereocenters. The van der Waals surface area contributed by atoms with Crippen molar-refractivity contribution in [2.24, 2.45) is 12.5 Å². The van der Waals surface area contributed by atoms with Crippen molar-refractivity contribution in [2.75, 3.05) is 0 Å². The van der Waals surface area contributed by atoms with Crippen LogP contribution in [0.25, 0.3) is 0 Å². The highest BCUT2D eigenvalue weighted by Crippen LogP contribution is 2.39. The molecule has 1 fully saturated rings. The van der Waals surface area contributed by atoms with E-state index in [-0.39, 0.29) is 11.5 Å². The number of rotatable bonds is 3. The van der Waals surface area contributed by atoms with Crippen LogP contribution in [0.5, 0.6) is 0 Å². The van der Waals surface area contributed by atoms with E-state index in [1.807, 2.05) is 19.3 Å². The van der Waals surface area contributed by atoms with Gasteiger partial charge in [0.1, 0.15) is 0 Å². The molecular weight excluding hydrogens is 200 g/mol. The maximum atomic E-state index is 10.3. The molecule has 1 N–H and O–H groups in total. The Morgan fingerprint density at radius 3 is 2.69 bits per heavy atom. The fourth-order valence-corrected chi connectivity index (χ4v) is 2.71. The molecule has 1 aliphatic rings. The molecule has 3 heteroatoms. The second-order valence-electron chi connectivity index (χ2n) is 5.42. The molecule has 16 heavy (non-hydrogen) atoms. The lowest BCUT2D eigenvalue weighted by atomic mass is 9.71. The zero-order valence-corrected chi connectivity index (χ0v) is 10.3. The second kappa shape index (κ2) is 4.58. The number of nitrogens with zero attached hydrogens (tertiary/aromatic N) is 2. The topological polar surface area (TPSA) is 38.0 Å². The molecule has 0 saturated heterocycles. The van der Waals surface area contributed by atoms with Crippen LogP contribution in [0.3, 0.4) is 0 Å². The quantitative estimate of drug-likeness (QED) is 0.852. The van der Waals surface area contributed by atoms with E-state index in [4.69, 9.17) is 0 Å². The number of aliphatic hydroxyl groups excluding tert-OH is 1. The molecule has 1 aliphatic carbocycles. The largest absolute Gasteiger partial charge is 0.392 e. The lowest BCUT2D eigenvalue weighted by Crippen LogP contribution is -2.36. The third-order valence-corrected chi connectivity index (χ3v) is 3.97. The highest BCUT2D eigenvalue weighted by molar-refractivity contribution is 5.02. The van der Waals surface area contributed by atoms with E-state index in [1.165, 1.54) is 19.3 Å². The van der Waals surface area contributed by atoms with E-state index < -0.39 is 0 Å². The summed E-state index contributed by atoms with van der Waals surface area (Å²) in [5.41, 5.74) is 1.11. The van der Waals surface area contributed by atoms with Crippen molar-refractivity contribution in [1.82, 2.24) is 9.78 Å². The summed E-state index contributed by atoms with van der Waals surface area (Å²) in [6.07, 6.45) is 8.53. The van der Waals surface area contributed by atoms with Gasteiger partial charge in [0.05, 0.1) is 11.8 Å². The molecule has 0 amide bonds. The molecule has 2 rings (SSSR count). The van der Waals surface area contributed by atoms with Crippen LogP contribution in [-0.2, 0) is 13.5 Å². The highest BCUT2D eigenvalue weighted by atomic mass is 16.3. The zero-order chi connectivity index (χ0) is 11.6. The number of hydrogen-bond donors (Lipinski definition) is 1. The number of aryl methyl sites for hydroxylation is 1. The van der Waals surface area contributed by atoms with Gasteiger partial charge < -0.3 is 5.11 Å². The Balaban J connectivity index is 1.98. The Bertz CT molecular complexity index is 339. The van der Waals surface area contributed by atoms with Crippen molar-refractivity contribution < 1.29 is 5.11 Å². The van der Waals surface area contributed by atoms with Gasteiger partial charge in [-0.2, -0.15) is 5.10 Å². The van der Waals surface area contributed by atoms with Crippen LogP contribution in [0.2, 0.25) is 0 Å². The molecule has 0 bridgehead atoms. The van der Waals surface area contributed by atoms with Crippen LogP contribution in [0, 0.1) is 5.41 Å². The smallest absolute Gasteiger partial charge is 0.0650 e. The van der Waals surface area contributed by atoms with Crippen LogP contribution in [0.4, 0.5) is 0 Å². The maximum absolute atomic E-state index is 10.3. The third kappa shape index (κ3) is 2.46. The van der Waals surface area contributed by atoms with E-state index in [1.54, 1.807) is 4.68 Å². The molecule has 0 spiro atoms. The number of aromatic nitrogens is 2. The van der Waals surface area contributed by atoms with E-state index in [2.05, 4.69) is 12.0 Å². The summed E-state index contributed by atoms with van der Waals surface area (Å²) in [6.45, 7) is 2.22. The number of hydrogen-bond acceptors (Lipinski definition) is 2. The van der Waals surface area contributed by atoms with Gasteiger partial charge in [-0.05, 0) is 24.3 Å². The van der Waals surface area contributed by atoms with Crippen molar-refractivity contribution in [2.45, 2.75) is 51.6 Å². The van der Waals surface area contributed by atoms with Crippen molar-refractivity contribution in [3.05, 3.63) is 18.0 Å². The number of aliphatic hydroxyl groups is 1. The predicted molar refractivity (Wildman–Crippen MR) is 64.1 cm³/mol. The van der Waals surface area contributed by atoms with Crippen molar-refractivity contribution >= 4 is 0 Å². The second-order valence-corrected chi connectivity index (χ2v) is 5.42. The highest BCUT2D eigenvalue weighted by Gasteiger charge is 2.34. The van der Waals surface area contributed by atoms with E-state index in [9.17, 15) is 5.11 Å². The standard InChI is InChI=1S/C13H22N2O/c1-13(7-4-3-5-8-13)12(16)10-11-6-9-15(2)14-11/h6,9,12,16H,3-5,7-8,10H2,1-2H3. The summed E-state index contributed by atoms with van der Waals surface area (Å²) in [4.78, 5) is 0. The van der Waals surface area contributed by atoms with Gasteiger partial charge in [-0.3, -0.25) is 4.68 Å². The summed E-state index contributed by atoms with van der Waals surface area (Å²) >= 11 is 0. The van der Waals surface area contributed by atoms with Crippen molar-refractivity contribution in [3.63, 3.8) is 0 Å². The molecule has 1 aromatic rings. The first-order valence-corrected chi connectivity index (χ1v) is 6.27. The first-order valence-electron chi connectivity index (χ1n) is 6.27. The van der Waals surface area contributed by atoms with Crippen molar-refractivity contribution in [1.29, 1.82) is 0 Å². The van der Waals surface area contributed by atoms with E-state index in [0.29, 0.717) is 6.42 Å². The minimum atomic E-state index is -0.248. The SMILES string of the molecule is Cn1ccc(CC(O)C2(C)CCCCC2)n1. The van der Waals surface area contributed by atoms with Crippen LogP contribution in [-0.4, -0.2) is 21.0 Å². The van der Waals surface area contributed by atoms with Gasteiger partial charge in [-0.15, -0.1) is 0 Å². The van der Waals surface area contributed by atoms with Gasteiger partial charge in [0, 0.05) is 19.7 Å². The monoisotopic (exact) mass is 222 g/mol. The van der Waals surface area contributed by atoms with E-state index in [0.717, 1.165) is 18.5 Å². The predicted octanol–water partition coefficient (Wildman–Crippen LogP) is 2.29. The first kappa shape index (κ1) is 11.6. The van der Waals surface area contributed by atoms with Gasteiger partial charge in [-0.1, -0.05) is 26.2 Å². The molecule has 1 unspecified atom stereocenters. The molecule has 0 radical (unpaired) electrons. The Kier molecular flexibility index (Phi) is 3.33. The average molecular weight is 222 g/mol. The van der Waals surface area contributed by atoms with Crippen LogP contribution in [0.15, 0.2) is 12.3 Å². The average Bonchev–Trinajstić information content (AvgIpc) is 2.65. The molecule has 0 aromatic carbocycles. The lowest BCUT2D eigenvalue weighted by molar-refractivity contribution is 0.00971. The zero-order valence-electron chi connectivity index (χ0n) is 10.3. The summed E-state index contributed by atoms with van der Waals surface area (Å²) in [5.74, 6) is 0. The fourth-order valence-electron chi connectivity index (χ4n) is 2.71. The Morgan fingerprint density at radius 1 is 1.44 bits per heavy atom. The van der Waals surface area contributed by atoms with Gasteiger partial charge >= 0.3 is 0 Å². The third-order valence-electron chi connectivity index (χ3n) is 3.97. The van der Waals surface area contributed by atoms with E-state index >= 15 is 0 Å². The van der Waals surface area contributed by atoms with Gasteiger partial charge in [-0.25, -0.2) is 0 Å². The Hall–Kier alpha value is -0.830. The van der Waals surface area contributed by atoms with Gasteiger partial charge in [0.25, 0.3) is 0 Å². The summed E-state index contributed by atoms with van der Waals surface area (Å²) < 4.78 is 1.80. The Morgan fingerprint density at radius 2 is 2.12 bits per heavy atom. The molecule has 0 aliphatic heterocycles. The molecule has 1 aromatic heterocycles. The first-order chi connectivity index (χ1) is 7.60. The molecule has 1 saturated carbocycles. The molecular formula is C13H22N2O. The minimum Gasteiger partial charge on any atom is -0.392 e. The summed E-state index contributed by atoms with van der Waals surface area (Å²) in [7, 11) is 1.91. The molecule has 1 heterocycles. The maximum Gasteiger partial charge on any atom is 0.0650 e. The van der Waals surface area contributed by atoms with Crippen LogP contribution >= 0.6 is 0 Å². The normalized spacial score (nSPS) is 21.9.